The van der Waals surface area contributed by atoms with Crippen molar-refractivity contribution in [2.24, 2.45) is 0 Å². The van der Waals surface area contributed by atoms with Crippen molar-refractivity contribution < 1.29 is 4.79 Å². The molecule has 0 atom stereocenters. The molecule has 0 radical (unpaired) electrons. The number of benzene rings is 2. The largest absolute Gasteiger partial charge is 0.383 e. The van der Waals surface area contributed by atoms with Gasteiger partial charge in [0.2, 0.25) is 0 Å². The smallest absolute Gasteiger partial charge is 0.256 e. The molecule has 1 saturated heterocycles. The van der Waals surface area contributed by atoms with Crippen molar-refractivity contribution >= 4 is 28.2 Å². The van der Waals surface area contributed by atoms with Gasteiger partial charge in [-0.15, -0.1) is 0 Å². The molecular formula is C23H28N4O. The van der Waals surface area contributed by atoms with Gasteiger partial charge < -0.3 is 20.5 Å². The number of hydrogen-bond acceptors (Lipinski definition) is 3. The van der Waals surface area contributed by atoms with Crippen LogP contribution < -0.4 is 10.6 Å². The summed E-state index contributed by atoms with van der Waals surface area (Å²) in [5, 5.41) is 7.50. The molecule has 4 rings (SSSR count). The van der Waals surface area contributed by atoms with Gasteiger partial charge in [-0.1, -0.05) is 24.6 Å². The number of anilines is 2. The average Bonchev–Trinajstić information content (AvgIpc) is 3.22. The molecule has 1 aliphatic rings. The van der Waals surface area contributed by atoms with Crippen LogP contribution in [0.2, 0.25) is 0 Å². The Kier molecular flexibility index (Phi) is 5.92. The zero-order chi connectivity index (χ0) is 19.2. The number of nitrogens with one attached hydrogen (secondary N) is 3. The second-order valence-corrected chi connectivity index (χ2v) is 7.43. The number of carbonyl (C=O) groups excluding carboxylic acids is 1. The van der Waals surface area contributed by atoms with E-state index in [1.54, 1.807) is 0 Å². The monoisotopic (exact) mass is 376 g/mol. The van der Waals surface area contributed by atoms with E-state index in [1.165, 1.54) is 32.4 Å². The van der Waals surface area contributed by atoms with Gasteiger partial charge in [-0.3, -0.25) is 4.79 Å². The van der Waals surface area contributed by atoms with Gasteiger partial charge >= 0.3 is 0 Å². The van der Waals surface area contributed by atoms with Gasteiger partial charge in [0.15, 0.2) is 0 Å². The zero-order valence-corrected chi connectivity index (χ0v) is 16.2. The van der Waals surface area contributed by atoms with Gasteiger partial charge in [0.25, 0.3) is 5.91 Å². The van der Waals surface area contributed by atoms with Crippen LogP contribution in [0.4, 0.5) is 11.4 Å². The first-order valence-electron chi connectivity index (χ1n) is 10.2. The first-order valence-corrected chi connectivity index (χ1v) is 10.2. The summed E-state index contributed by atoms with van der Waals surface area (Å²) in [5.74, 6) is -0.0900. The number of rotatable bonds is 7. The Morgan fingerprint density at radius 1 is 0.964 bits per heavy atom. The molecule has 1 amide bonds. The van der Waals surface area contributed by atoms with E-state index in [0.717, 1.165) is 41.8 Å². The maximum absolute atomic E-state index is 12.9. The predicted octanol–water partition coefficient (Wildman–Crippen LogP) is 4.71. The highest BCUT2D eigenvalue weighted by Crippen LogP contribution is 2.24. The molecule has 0 bridgehead atoms. The number of piperidine rings is 1. The van der Waals surface area contributed by atoms with Crippen LogP contribution in [0.1, 0.15) is 36.0 Å². The molecule has 0 unspecified atom stereocenters. The van der Waals surface area contributed by atoms with Crippen LogP contribution in [-0.2, 0) is 0 Å². The first-order chi connectivity index (χ1) is 13.8. The second kappa shape index (κ2) is 8.93. The standard InChI is InChI=1S/C23H28N4O/c28-23(19-8-6-11-20-18(19)12-14-25-20)26-22-10-3-2-9-21(22)24-13-7-17-27-15-4-1-5-16-27/h2-3,6,8-12,14,24-25H,1,4-5,7,13,15-17H2,(H,26,28). The highest BCUT2D eigenvalue weighted by Gasteiger charge is 2.13. The number of aromatic nitrogens is 1. The van der Waals surface area contributed by atoms with Crippen molar-refractivity contribution in [1.82, 2.24) is 9.88 Å². The van der Waals surface area contributed by atoms with E-state index in [1.807, 2.05) is 54.7 Å². The number of H-pyrrole nitrogens is 1. The minimum atomic E-state index is -0.0900. The molecule has 3 aromatic rings. The van der Waals surface area contributed by atoms with Crippen molar-refractivity contribution in [3.63, 3.8) is 0 Å². The van der Waals surface area contributed by atoms with Crippen molar-refractivity contribution in [2.45, 2.75) is 25.7 Å². The maximum Gasteiger partial charge on any atom is 0.256 e. The summed E-state index contributed by atoms with van der Waals surface area (Å²) in [4.78, 5) is 18.6. The fourth-order valence-corrected chi connectivity index (χ4v) is 3.93. The molecule has 2 heterocycles. The number of aromatic amines is 1. The summed E-state index contributed by atoms with van der Waals surface area (Å²) >= 11 is 0. The van der Waals surface area contributed by atoms with E-state index in [-0.39, 0.29) is 5.91 Å². The number of carbonyl (C=O) groups is 1. The molecule has 1 fully saturated rings. The number of likely N-dealkylation sites (tertiary alicyclic amines) is 1. The highest BCUT2D eigenvalue weighted by molar-refractivity contribution is 6.13. The summed E-state index contributed by atoms with van der Waals surface area (Å²) in [6, 6.07) is 15.6. The Balaban J connectivity index is 1.37. The maximum atomic E-state index is 12.9. The number of para-hydroxylation sites is 2. The summed E-state index contributed by atoms with van der Waals surface area (Å²) in [6.45, 7) is 4.50. The van der Waals surface area contributed by atoms with Gasteiger partial charge in [-0.25, -0.2) is 0 Å². The fraction of sp³-hybridized carbons (Fsp3) is 0.348. The fourth-order valence-electron chi connectivity index (χ4n) is 3.93. The van der Waals surface area contributed by atoms with Gasteiger partial charge in [-0.05, 0) is 69.2 Å². The minimum absolute atomic E-state index is 0.0900. The van der Waals surface area contributed by atoms with Crippen molar-refractivity contribution in [3.8, 4) is 0 Å². The molecule has 28 heavy (non-hydrogen) atoms. The highest BCUT2D eigenvalue weighted by atomic mass is 16.1. The van der Waals surface area contributed by atoms with Crippen molar-refractivity contribution in [3.05, 3.63) is 60.3 Å². The third kappa shape index (κ3) is 4.37. The van der Waals surface area contributed by atoms with Crippen molar-refractivity contribution in [2.75, 3.05) is 36.8 Å². The van der Waals surface area contributed by atoms with Crippen molar-refractivity contribution in [1.29, 1.82) is 0 Å². The van der Waals surface area contributed by atoms with E-state index >= 15 is 0 Å². The summed E-state index contributed by atoms with van der Waals surface area (Å²) in [5.41, 5.74) is 3.43. The van der Waals surface area contributed by atoms with E-state index in [9.17, 15) is 4.79 Å². The van der Waals surface area contributed by atoms with Gasteiger partial charge in [-0.2, -0.15) is 0 Å². The SMILES string of the molecule is O=C(Nc1ccccc1NCCCN1CCCCC1)c1cccc2[nH]ccc12. The Morgan fingerprint density at radius 2 is 1.79 bits per heavy atom. The summed E-state index contributed by atoms with van der Waals surface area (Å²) < 4.78 is 0. The van der Waals surface area contributed by atoms with Gasteiger partial charge in [0.05, 0.1) is 11.4 Å². The number of hydrogen-bond donors (Lipinski definition) is 3. The van der Waals surface area contributed by atoms with Crippen LogP contribution in [0, 0.1) is 0 Å². The Hall–Kier alpha value is -2.79. The van der Waals surface area contributed by atoms with Gasteiger partial charge in [0.1, 0.15) is 0 Å². The molecule has 5 heteroatoms. The van der Waals surface area contributed by atoms with E-state index < -0.39 is 0 Å². The third-order valence-electron chi connectivity index (χ3n) is 5.43. The minimum Gasteiger partial charge on any atom is -0.383 e. The lowest BCUT2D eigenvalue weighted by Gasteiger charge is -2.26. The lowest BCUT2D eigenvalue weighted by atomic mass is 10.1. The normalized spacial score (nSPS) is 14.9. The Bertz CT molecular complexity index is 927. The second-order valence-electron chi connectivity index (χ2n) is 7.43. The predicted molar refractivity (Wildman–Crippen MR) is 116 cm³/mol. The third-order valence-corrected chi connectivity index (χ3v) is 5.43. The van der Waals surface area contributed by atoms with Crippen LogP contribution in [0.5, 0.6) is 0 Å². The number of amides is 1. The van der Waals surface area contributed by atoms with Crippen LogP contribution >= 0.6 is 0 Å². The van der Waals surface area contributed by atoms with E-state index in [0.29, 0.717) is 5.56 Å². The molecular weight excluding hydrogens is 348 g/mol. The Morgan fingerprint density at radius 3 is 2.64 bits per heavy atom. The molecule has 1 aliphatic heterocycles. The van der Waals surface area contributed by atoms with Crippen LogP contribution in [0.15, 0.2) is 54.7 Å². The molecule has 146 valence electrons. The molecule has 1 aromatic heterocycles. The number of nitrogens with zero attached hydrogens (tertiary/aromatic N) is 1. The van der Waals surface area contributed by atoms with E-state index in [4.69, 9.17) is 0 Å². The molecule has 0 saturated carbocycles. The van der Waals surface area contributed by atoms with Crippen LogP contribution in [-0.4, -0.2) is 42.0 Å². The molecule has 5 nitrogen and oxygen atoms in total. The summed E-state index contributed by atoms with van der Waals surface area (Å²) in [7, 11) is 0. The number of fused-ring (bicyclic) bond motifs is 1. The zero-order valence-electron chi connectivity index (χ0n) is 16.2. The lowest BCUT2D eigenvalue weighted by Crippen LogP contribution is -2.31. The average molecular weight is 377 g/mol. The lowest BCUT2D eigenvalue weighted by molar-refractivity contribution is 0.102. The Labute approximate surface area is 166 Å². The molecule has 2 aromatic carbocycles. The van der Waals surface area contributed by atoms with Crippen LogP contribution in [0.3, 0.4) is 0 Å². The van der Waals surface area contributed by atoms with Crippen LogP contribution in [0.25, 0.3) is 10.9 Å². The summed E-state index contributed by atoms with van der Waals surface area (Å²) in [6.07, 6.45) is 6.99. The first kappa shape index (κ1) is 18.6. The molecule has 0 spiro atoms. The molecule has 0 aliphatic carbocycles. The van der Waals surface area contributed by atoms with Gasteiger partial charge in [0, 0.05) is 29.2 Å². The quantitative estimate of drug-likeness (QED) is 0.524. The molecule has 3 N–H and O–H groups in total. The van der Waals surface area contributed by atoms with E-state index in [2.05, 4.69) is 20.5 Å². The topological polar surface area (TPSA) is 60.2 Å².